The summed E-state index contributed by atoms with van der Waals surface area (Å²) in [4.78, 5) is 80.0. The molecule has 17 nitrogen and oxygen atoms in total. The predicted molar refractivity (Wildman–Crippen MR) is 148 cm³/mol. The Hall–Kier alpha value is -2.90. The molecule has 11 N–H and O–H groups in total. The fraction of sp³-hybridized carbons (Fsp3) is 0.600. The van der Waals surface area contributed by atoms with E-state index >= 15 is 0 Å². The number of amides is 3. The Morgan fingerprint density at radius 3 is 1.52 bits per heavy atom. The van der Waals surface area contributed by atoms with Crippen molar-refractivity contribution in [2.24, 2.45) is 16.5 Å². The number of carbonyl (C=O) groups excluding carboxylic acids is 3. The van der Waals surface area contributed by atoms with Crippen LogP contribution in [0.25, 0.3) is 0 Å². The summed E-state index contributed by atoms with van der Waals surface area (Å²) in [6, 6.07) is -3.79. The fourth-order valence-electron chi connectivity index (χ4n) is 2.27. The summed E-state index contributed by atoms with van der Waals surface area (Å²) >= 11 is 10.5. The third-order valence-corrected chi connectivity index (χ3v) is 6.03. The maximum absolute atomic E-state index is 11.6. The molecule has 0 bridgehead atoms. The van der Waals surface area contributed by atoms with Crippen molar-refractivity contribution < 1.29 is 54.0 Å². The first-order chi connectivity index (χ1) is 18.5. The van der Waals surface area contributed by atoms with E-state index in [9.17, 15) is 33.6 Å². The van der Waals surface area contributed by atoms with Gasteiger partial charge in [-0.15, -0.1) is 0 Å². The summed E-state index contributed by atoms with van der Waals surface area (Å²) in [5, 5.41) is 41.0. The Labute approximate surface area is 247 Å². The van der Waals surface area contributed by atoms with Gasteiger partial charge in [0.25, 0.3) is 0 Å². The van der Waals surface area contributed by atoms with Gasteiger partial charge in [0.15, 0.2) is 0 Å². The molecule has 0 saturated carbocycles. The average molecular weight is 677 g/mol. The summed E-state index contributed by atoms with van der Waals surface area (Å²) in [5.41, 5.74) is 10.5. The van der Waals surface area contributed by atoms with Crippen LogP contribution in [0.5, 0.6) is 0 Å². The molecule has 0 aromatic rings. The van der Waals surface area contributed by atoms with Crippen molar-refractivity contribution in [3.05, 3.63) is 0 Å². The number of carboxylic acids is 4. The van der Waals surface area contributed by atoms with Crippen LogP contribution in [0.4, 0.5) is 0 Å². The van der Waals surface area contributed by atoms with Crippen LogP contribution in [0.1, 0.15) is 25.7 Å². The van der Waals surface area contributed by atoms with E-state index in [4.69, 9.17) is 31.9 Å². The van der Waals surface area contributed by atoms with Crippen molar-refractivity contribution in [3.8, 4) is 0 Å². The van der Waals surface area contributed by atoms with E-state index in [0.717, 1.165) is 0 Å². The molecule has 0 aromatic heterocycles. The Morgan fingerprint density at radius 1 is 0.750 bits per heavy atom. The van der Waals surface area contributed by atoms with Crippen LogP contribution in [0.15, 0.2) is 4.99 Å². The molecular weight excluding hydrogens is 643 g/mol. The third kappa shape index (κ3) is 20.1. The SMILES string of the molecule is NC(CCC(=O)NC(CS)C(=O)NCC(=O)O)C(=O)O.NC(CCC(=O)NC(CS)C([Se])=NCC(=O)O)C(=O)O. The van der Waals surface area contributed by atoms with Gasteiger partial charge in [-0.3, -0.25) is 19.2 Å². The fourth-order valence-corrected chi connectivity index (χ4v) is 3.51. The van der Waals surface area contributed by atoms with Gasteiger partial charge in [-0.05, 0) is 6.42 Å². The zero-order valence-electron chi connectivity index (χ0n) is 21.0. The van der Waals surface area contributed by atoms with E-state index in [1.54, 1.807) is 0 Å². The van der Waals surface area contributed by atoms with Crippen LogP contribution in [-0.4, -0.2) is 131 Å². The van der Waals surface area contributed by atoms with E-state index in [2.05, 4.69) is 62.2 Å². The van der Waals surface area contributed by atoms with Crippen molar-refractivity contribution in [1.29, 1.82) is 0 Å². The second-order valence-electron chi connectivity index (χ2n) is 7.73. The zero-order valence-corrected chi connectivity index (χ0v) is 24.5. The Bertz CT molecular complexity index is 941. The van der Waals surface area contributed by atoms with Gasteiger partial charge < -0.3 is 26.6 Å². The average Bonchev–Trinajstić information content (AvgIpc) is 2.89. The van der Waals surface area contributed by atoms with E-state index in [1.807, 2.05) is 0 Å². The van der Waals surface area contributed by atoms with Crippen molar-refractivity contribution in [3.63, 3.8) is 0 Å². The molecule has 0 fully saturated rings. The van der Waals surface area contributed by atoms with Crippen LogP contribution in [0.3, 0.4) is 0 Å². The van der Waals surface area contributed by atoms with Crippen molar-refractivity contribution in [2.75, 3.05) is 24.6 Å². The summed E-state index contributed by atoms with van der Waals surface area (Å²) in [7, 11) is 0. The molecule has 0 aromatic carbocycles. The zero-order chi connectivity index (χ0) is 31.4. The number of carbonyl (C=O) groups is 7. The number of hydrogen-bond acceptors (Lipinski definition) is 12. The number of nitrogens with zero attached hydrogens (tertiary/aromatic N) is 1. The number of hydrogen-bond donors (Lipinski definition) is 11. The van der Waals surface area contributed by atoms with Crippen LogP contribution in [0, 0.1) is 0 Å². The topological polar surface area (TPSA) is 301 Å². The van der Waals surface area contributed by atoms with Crippen molar-refractivity contribution in [1.82, 2.24) is 16.0 Å². The first kappa shape index (κ1) is 39.2. The van der Waals surface area contributed by atoms with E-state index in [-0.39, 0.29) is 37.2 Å². The predicted octanol–water partition coefficient (Wildman–Crippen LogP) is -3.96. The number of nitrogens with two attached hydrogens (primary N) is 2. The summed E-state index contributed by atoms with van der Waals surface area (Å²) in [6.07, 6.45) is -0.277. The molecule has 0 saturated heterocycles. The number of rotatable bonds is 18. The molecule has 0 spiro atoms. The molecule has 20 heteroatoms. The van der Waals surface area contributed by atoms with Gasteiger partial charge in [-0.1, -0.05) is 0 Å². The standard InChI is InChI=1S/C10H17N3O6S.C10H16N3O5SSe/c11-5(10(18)19)1-2-7(14)13-6(4-20)9(17)12-3-8(15)16;11-5(10(17)18)1-2-7(14)13-6(4-19)9(20)12-3-8(15)16/h5-6,20H,1-4,11H2,(H,12,17)(H,13,14)(H,15,16)(H,18,19);5-6,19H,1-4,11H2,(H,13,14)(H,15,16)(H,17,18). The molecule has 1 radical (unpaired) electrons. The summed E-state index contributed by atoms with van der Waals surface area (Å²) in [6.45, 7) is -0.977. The summed E-state index contributed by atoms with van der Waals surface area (Å²) < 4.78 is 0.318. The van der Waals surface area contributed by atoms with Crippen molar-refractivity contribution >= 4 is 87.5 Å². The molecule has 4 unspecified atom stereocenters. The first-order valence-corrected chi connectivity index (χ1v) is 13.4. The van der Waals surface area contributed by atoms with Gasteiger partial charge in [0.1, 0.15) is 18.6 Å². The second kappa shape index (κ2) is 21.9. The number of aliphatic carboxylic acids is 4. The number of nitrogens with one attached hydrogen (secondary N) is 3. The van der Waals surface area contributed by atoms with E-state index in [0.29, 0.717) is 4.61 Å². The van der Waals surface area contributed by atoms with Crippen LogP contribution in [0.2, 0.25) is 0 Å². The molecule has 0 aliphatic carbocycles. The van der Waals surface area contributed by atoms with Gasteiger partial charge in [0, 0.05) is 12.2 Å². The van der Waals surface area contributed by atoms with Gasteiger partial charge in [-0.2, -0.15) is 12.6 Å². The third-order valence-electron chi connectivity index (χ3n) is 4.43. The van der Waals surface area contributed by atoms with Crippen LogP contribution < -0.4 is 27.4 Å². The molecule has 0 rings (SSSR count). The van der Waals surface area contributed by atoms with Crippen LogP contribution in [-0.2, 0) is 33.6 Å². The monoisotopic (exact) mass is 677 g/mol. The quantitative estimate of drug-likeness (QED) is 0.0376. The van der Waals surface area contributed by atoms with E-state index < -0.39 is 78.9 Å². The molecule has 4 atom stereocenters. The maximum atomic E-state index is 11.6. The molecule has 0 aliphatic rings. The Morgan fingerprint density at radius 2 is 1.18 bits per heavy atom. The summed E-state index contributed by atoms with van der Waals surface area (Å²) in [5.74, 6) is -6.14. The van der Waals surface area contributed by atoms with Gasteiger partial charge in [0.2, 0.25) is 11.8 Å². The van der Waals surface area contributed by atoms with E-state index in [1.165, 1.54) is 0 Å². The first-order valence-electron chi connectivity index (χ1n) is 11.2. The Kier molecular flexibility index (Phi) is 21.5. The Balaban J connectivity index is 0. The molecular formula is C20H33N6O11S2Se. The molecule has 0 heterocycles. The second-order valence-corrected chi connectivity index (χ2v) is 9.34. The minimum absolute atomic E-state index is 0.00941. The normalized spacial score (nSPS) is 13.8. The van der Waals surface area contributed by atoms with Gasteiger partial charge in [-0.25, -0.2) is 0 Å². The molecule has 40 heavy (non-hydrogen) atoms. The van der Waals surface area contributed by atoms with Gasteiger partial charge in [0.05, 0.1) is 0 Å². The number of carboxylic acid groups (broad SMARTS) is 4. The van der Waals surface area contributed by atoms with Crippen molar-refractivity contribution in [2.45, 2.75) is 49.9 Å². The number of thiol groups is 2. The molecule has 227 valence electrons. The molecule has 3 amide bonds. The number of aliphatic imine (C=N–C) groups is 1. The van der Waals surface area contributed by atoms with Crippen LogP contribution >= 0.6 is 25.3 Å². The molecule has 0 aliphatic heterocycles. The van der Waals surface area contributed by atoms with Gasteiger partial charge >= 0.3 is 141 Å². The minimum atomic E-state index is -1.22.